The summed E-state index contributed by atoms with van der Waals surface area (Å²) in [6.45, 7) is 0. The van der Waals surface area contributed by atoms with E-state index in [4.69, 9.17) is 27.2 Å². The van der Waals surface area contributed by atoms with Crippen LogP contribution in [0.25, 0.3) is 0 Å². The van der Waals surface area contributed by atoms with Crippen molar-refractivity contribution in [2.75, 3.05) is 0 Å². The van der Waals surface area contributed by atoms with Gasteiger partial charge in [0.1, 0.15) is 6.10 Å². The number of carbonyl (C=O) groups excluding carboxylic acids is 1. The smallest absolute Gasteiger partial charge is 0.277 e. The molecule has 0 aromatic carbocycles. The maximum absolute atomic E-state index is 12.6. The minimum Gasteiger partial charge on any atom is -0.277 e. The molecule has 0 saturated carbocycles. The molecule has 10 nitrogen and oxygen atoms in total. The van der Waals surface area contributed by atoms with Crippen LogP contribution in [0.15, 0.2) is 0 Å². The maximum Gasteiger partial charge on any atom is 0.505 e. The highest BCUT2D eigenvalue weighted by atomic mass is 31.2. The zero-order chi connectivity index (χ0) is 18.0. The van der Waals surface area contributed by atoms with Gasteiger partial charge in [-0.1, -0.05) is 44.9 Å². The van der Waals surface area contributed by atoms with Crippen molar-refractivity contribution in [3.05, 3.63) is 0 Å². The molecule has 0 N–H and O–H groups in total. The van der Waals surface area contributed by atoms with E-state index >= 15 is 0 Å². The zero-order valence-electron chi connectivity index (χ0n) is 14.2. The molecule has 7 aliphatic heterocycles. The molecule has 1 atom stereocenters. The molecule has 7 rings (SSSR count). The number of amides is 1. The highest BCUT2D eigenvalue weighted by molar-refractivity contribution is 7.51. The summed E-state index contributed by atoms with van der Waals surface area (Å²) in [6, 6.07) is 0. The second-order valence-electron chi connectivity index (χ2n) is 7.24. The summed E-state index contributed by atoms with van der Waals surface area (Å²) >= 11 is 0. The number of nitrogens with zero attached hydrogens (tertiary/aromatic N) is 1. The fourth-order valence-corrected chi connectivity index (χ4v) is 7.38. The van der Waals surface area contributed by atoms with Gasteiger partial charge >= 0.3 is 21.6 Å². The van der Waals surface area contributed by atoms with E-state index in [2.05, 4.69) is 0 Å². The molecule has 26 heavy (non-hydrogen) atoms. The molecule has 7 saturated heterocycles. The lowest BCUT2D eigenvalue weighted by atomic mass is 9.98. The Morgan fingerprint density at radius 3 is 2.15 bits per heavy atom. The molecular formula is C14H21NO9P2. The molecule has 0 aromatic rings. The second kappa shape index (κ2) is 5.84. The molecule has 0 aliphatic carbocycles. The predicted octanol–water partition coefficient (Wildman–Crippen LogP) is 3.73. The van der Waals surface area contributed by atoms with E-state index in [9.17, 15) is 13.9 Å². The van der Waals surface area contributed by atoms with Gasteiger partial charge in [0.2, 0.25) is 0 Å². The third kappa shape index (κ3) is 2.37. The molecule has 7 aliphatic rings. The normalized spacial score (nSPS) is 51.5. The average Bonchev–Trinajstić information content (AvgIpc) is 3.19. The van der Waals surface area contributed by atoms with E-state index in [0.29, 0.717) is 12.8 Å². The molecule has 0 radical (unpaired) electrons. The van der Waals surface area contributed by atoms with Crippen LogP contribution in [0, 0.1) is 0 Å². The lowest BCUT2D eigenvalue weighted by Crippen LogP contribution is -2.71. The third-order valence-corrected chi connectivity index (χ3v) is 8.18. The van der Waals surface area contributed by atoms with Crippen LogP contribution in [0.2, 0.25) is 0 Å². The minimum atomic E-state index is -3.85. The molecule has 1 amide bonds. The highest BCUT2D eigenvalue weighted by Gasteiger charge is 2.92. The summed E-state index contributed by atoms with van der Waals surface area (Å²) in [5.74, 6) is -4.14. The quantitative estimate of drug-likeness (QED) is 0.553. The van der Waals surface area contributed by atoms with Crippen LogP contribution < -0.4 is 0 Å². The summed E-state index contributed by atoms with van der Waals surface area (Å²) in [5, 5.41) is 0.804. The van der Waals surface area contributed by atoms with Crippen molar-refractivity contribution in [2.24, 2.45) is 0 Å². The number of rotatable bonds is 0. The Morgan fingerprint density at radius 1 is 0.846 bits per heavy atom. The molecular weight excluding hydrogens is 388 g/mol. The number of hydroxylamine groups is 2. The number of phosphoric acid groups is 2. The van der Waals surface area contributed by atoms with Crippen molar-refractivity contribution >= 4 is 21.6 Å². The lowest BCUT2D eigenvalue weighted by molar-refractivity contribution is -0.412. The van der Waals surface area contributed by atoms with Crippen LogP contribution >= 0.6 is 15.6 Å². The zero-order valence-corrected chi connectivity index (χ0v) is 16.0. The SMILES string of the molecule is O=C1CCCCCCCCCCC2OP3(=O)OC2(O3)C23OP(=O)(ON12)O3. The fraction of sp³-hybridized carbons (Fsp3) is 0.929. The topological polar surface area (TPSA) is 110 Å². The first-order chi connectivity index (χ1) is 12.4. The van der Waals surface area contributed by atoms with Crippen LogP contribution in [0.5, 0.6) is 0 Å². The van der Waals surface area contributed by atoms with Gasteiger partial charge in [-0.3, -0.25) is 9.32 Å². The van der Waals surface area contributed by atoms with Gasteiger partial charge in [0.05, 0.1) is 0 Å². The van der Waals surface area contributed by atoms with E-state index < -0.39 is 39.4 Å². The predicted molar refractivity (Wildman–Crippen MR) is 84.0 cm³/mol. The van der Waals surface area contributed by atoms with Gasteiger partial charge in [-0.25, -0.2) is 27.2 Å². The monoisotopic (exact) mass is 409 g/mol. The summed E-state index contributed by atoms with van der Waals surface area (Å²) in [6.07, 6.45) is 7.75. The van der Waals surface area contributed by atoms with E-state index in [1.807, 2.05) is 0 Å². The average molecular weight is 409 g/mol. The van der Waals surface area contributed by atoms with Crippen LogP contribution in [0.4, 0.5) is 0 Å². The summed E-state index contributed by atoms with van der Waals surface area (Å²) < 4.78 is 56.6. The Labute approximate surface area is 150 Å². The van der Waals surface area contributed by atoms with Gasteiger partial charge in [-0.05, 0) is 12.8 Å². The molecule has 12 heteroatoms. The fourth-order valence-electron chi connectivity index (χ4n) is 4.10. The molecule has 7 heterocycles. The first kappa shape index (κ1) is 17.8. The molecule has 4 bridgehead atoms. The van der Waals surface area contributed by atoms with Crippen molar-refractivity contribution in [1.29, 1.82) is 0 Å². The number of phosphoric ester groups is 2. The summed E-state index contributed by atoms with van der Waals surface area (Å²) in [5.41, 5.74) is 0. The molecule has 146 valence electrons. The van der Waals surface area contributed by atoms with Gasteiger partial charge in [0, 0.05) is 6.42 Å². The van der Waals surface area contributed by atoms with Gasteiger partial charge in [0.25, 0.3) is 11.7 Å². The third-order valence-electron chi connectivity index (χ3n) is 5.37. The maximum atomic E-state index is 12.6. The minimum absolute atomic E-state index is 0.188. The summed E-state index contributed by atoms with van der Waals surface area (Å²) in [4.78, 5) is 12.6. The Morgan fingerprint density at radius 2 is 1.46 bits per heavy atom. The molecule has 2 spiro atoms. The molecule has 7 fully saturated rings. The van der Waals surface area contributed by atoms with Crippen molar-refractivity contribution in [2.45, 2.75) is 82.0 Å². The Balaban J connectivity index is 1.45. The van der Waals surface area contributed by atoms with Crippen LogP contribution in [-0.4, -0.2) is 28.8 Å². The number of carbonyl (C=O) groups is 1. The van der Waals surface area contributed by atoms with Crippen molar-refractivity contribution in [3.8, 4) is 0 Å². The van der Waals surface area contributed by atoms with Crippen LogP contribution in [0.1, 0.15) is 64.2 Å². The van der Waals surface area contributed by atoms with Gasteiger partial charge in [0.15, 0.2) is 0 Å². The van der Waals surface area contributed by atoms with Crippen molar-refractivity contribution in [1.82, 2.24) is 5.06 Å². The standard InChI is InChI=1S/C14H21NO9P2/c16-12-10-8-6-4-2-1-3-5-7-9-11-13(20-25(17,19-11)21-13)14-15(12)24-26(18,22-14)23-14/h11H,1-10H2. The largest absolute Gasteiger partial charge is 0.505 e. The first-order valence-electron chi connectivity index (χ1n) is 9.15. The van der Waals surface area contributed by atoms with E-state index in [1.165, 1.54) is 0 Å². The van der Waals surface area contributed by atoms with Crippen LogP contribution in [0.3, 0.4) is 0 Å². The molecule has 1 unspecified atom stereocenters. The number of hydrogen-bond donors (Lipinski definition) is 0. The van der Waals surface area contributed by atoms with E-state index in [1.54, 1.807) is 0 Å². The lowest BCUT2D eigenvalue weighted by Gasteiger charge is -2.49. The number of hydrogen-bond acceptors (Lipinski definition) is 9. The van der Waals surface area contributed by atoms with E-state index in [0.717, 1.165) is 50.0 Å². The second-order valence-corrected chi connectivity index (χ2v) is 10.1. The van der Waals surface area contributed by atoms with Crippen molar-refractivity contribution < 1.29 is 41.2 Å². The van der Waals surface area contributed by atoms with Crippen molar-refractivity contribution in [3.63, 3.8) is 0 Å². The van der Waals surface area contributed by atoms with E-state index in [-0.39, 0.29) is 6.42 Å². The Bertz CT molecular complexity index is 707. The first-order valence-corrected chi connectivity index (χ1v) is 12.1. The van der Waals surface area contributed by atoms with Gasteiger partial charge in [-0.15, -0.1) is 5.06 Å². The van der Waals surface area contributed by atoms with Gasteiger partial charge in [-0.2, -0.15) is 4.62 Å². The molecule has 0 aromatic heterocycles. The van der Waals surface area contributed by atoms with Crippen LogP contribution in [-0.2, 0) is 41.2 Å². The Kier molecular flexibility index (Phi) is 3.99. The Hall–Kier alpha value is -0.310. The van der Waals surface area contributed by atoms with Gasteiger partial charge < -0.3 is 0 Å². The highest BCUT2D eigenvalue weighted by Crippen LogP contribution is 2.86. The summed E-state index contributed by atoms with van der Waals surface area (Å²) in [7, 11) is -7.53.